The van der Waals surface area contributed by atoms with E-state index in [9.17, 15) is 13.2 Å². The molecule has 0 bridgehead atoms. The monoisotopic (exact) mass is 543 g/mol. The van der Waals surface area contributed by atoms with E-state index in [-0.39, 0.29) is 18.0 Å². The van der Waals surface area contributed by atoms with E-state index in [4.69, 9.17) is 4.74 Å². The molecule has 178 valence electrons. The van der Waals surface area contributed by atoms with Crippen LogP contribution in [-0.4, -0.2) is 44.5 Å². The van der Waals surface area contributed by atoms with Gasteiger partial charge in [-0.2, -0.15) is 9.41 Å². The highest BCUT2D eigenvalue weighted by molar-refractivity contribution is 9.10. The Morgan fingerprint density at radius 3 is 2.35 bits per heavy atom. The average molecular weight is 544 g/mol. The lowest BCUT2D eigenvalue weighted by Gasteiger charge is -2.21. The van der Waals surface area contributed by atoms with Crippen LogP contribution in [0.4, 0.5) is 0 Å². The van der Waals surface area contributed by atoms with E-state index < -0.39 is 15.9 Å². The molecule has 7 nitrogen and oxygen atoms in total. The molecule has 0 aliphatic heterocycles. The minimum absolute atomic E-state index is 0.120. The van der Waals surface area contributed by atoms with Gasteiger partial charge in [-0.1, -0.05) is 46.3 Å². The third kappa shape index (κ3) is 7.51. The summed E-state index contributed by atoms with van der Waals surface area (Å²) in [6.07, 6.45) is 1.96. The van der Waals surface area contributed by atoms with Gasteiger partial charge < -0.3 is 4.74 Å². The third-order valence-corrected chi connectivity index (χ3v) is 7.25. The van der Waals surface area contributed by atoms with Gasteiger partial charge in [-0.05, 0) is 73.0 Å². The van der Waals surface area contributed by atoms with Crippen molar-refractivity contribution in [1.82, 2.24) is 9.73 Å². The topological polar surface area (TPSA) is 88.1 Å². The van der Waals surface area contributed by atoms with E-state index in [1.54, 1.807) is 12.1 Å². The minimum Gasteiger partial charge on any atom is -0.494 e. The fraction of sp³-hybridized carbons (Fsp3) is 0.200. The maximum Gasteiger partial charge on any atom is 0.255 e. The van der Waals surface area contributed by atoms with Crippen LogP contribution in [-0.2, 0) is 21.2 Å². The highest BCUT2D eigenvalue weighted by Gasteiger charge is 2.26. The van der Waals surface area contributed by atoms with Crippen LogP contribution < -0.4 is 10.2 Å². The summed E-state index contributed by atoms with van der Waals surface area (Å²) in [5, 5.41) is 3.96. The quantitative estimate of drug-likeness (QED) is 0.289. The number of hydrogen-bond acceptors (Lipinski definition) is 5. The van der Waals surface area contributed by atoms with Crippen molar-refractivity contribution in [2.45, 2.75) is 18.2 Å². The van der Waals surface area contributed by atoms with Gasteiger partial charge >= 0.3 is 0 Å². The molecule has 0 aliphatic rings. The summed E-state index contributed by atoms with van der Waals surface area (Å²) >= 11 is 3.31. The van der Waals surface area contributed by atoms with E-state index in [2.05, 4.69) is 26.5 Å². The Balaban J connectivity index is 1.69. The molecular weight excluding hydrogens is 518 g/mol. The SMILES string of the molecule is CCOc1ccc(/C=N\NC(=O)CN(CCc2ccccc2)S(=O)(=O)c2ccc(Br)cc2)cc1. The number of sulfonamides is 1. The molecule has 0 radical (unpaired) electrons. The molecule has 3 aromatic carbocycles. The zero-order chi connectivity index (χ0) is 24.4. The second-order valence-electron chi connectivity index (χ2n) is 7.32. The standard InChI is InChI=1S/C25H26BrN3O4S/c1-2-33-23-12-8-21(9-13-23)18-27-28-25(30)19-29(17-16-20-6-4-3-5-7-20)34(31,32)24-14-10-22(26)11-15-24/h3-15,18H,2,16-17,19H2,1H3,(H,28,30)/b27-18-. The number of carbonyl (C=O) groups is 1. The van der Waals surface area contributed by atoms with Crippen molar-refractivity contribution in [3.63, 3.8) is 0 Å². The molecule has 0 heterocycles. The van der Waals surface area contributed by atoms with Gasteiger partial charge in [-0.15, -0.1) is 0 Å². The van der Waals surface area contributed by atoms with Crippen molar-refractivity contribution in [2.75, 3.05) is 19.7 Å². The second-order valence-corrected chi connectivity index (χ2v) is 10.2. The van der Waals surface area contributed by atoms with Crippen LogP contribution in [0.15, 0.2) is 93.3 Å². The third-order valence-electron chi connectivity index (χ3n) is 4.86. The van der Waals surface area contributed by atoms with Gasteiger partial charge in [0.25, 0.3) is 5.91 Å². The summed E-state index contributed by atoms with van der Waals surface area (Å²) in [6.45, 7) is 2.28. The number of amides is 1. The van der Waals surface area contributed by atoms with Crippen molar-refractivity contribution in [3.05, 3.63) is 94.5 Å². The van der Waals surface area contributed by atoms with Crippen LogP contribution in [0.1, 0.15) is 18.1 Å². The Bertz CT molecular complexity index is 1200. The van der Waals surface area contributed by atoms with Gasteiger partial charge in [0.15, 0.2) is 0 Å². The molecular formula is C25H26BrN3O4S. The second kappa shape index (κ2) is 12.5. The predicted octanol–water partition coefficient (Wildman–Crippen LogP) is 4.23. The Hall–Kier alpha value is -3.01. The minimum atomic E-state index is -3.88. The van der Waals surface area contributed by atoms with Crippen molar-refractivity contribution in [1.29, 1.82) is 0 Å². The number of benzene rings is 3. The molecule has 34 heavy (non-hydrogen) atoms. The van der Waals surface area contributed by atoms with E-state index >= 15 is 0 Å². The Kier molecular flexibility index (Phi) is 9.38. The number of hydrogen-bond donors (Lipinski definition) is 1. The zero-order valence-corrected chi connectivity index (χ0v) is 21.1. The largest absolute Gasteiger partial charge is 0.494 e. The smallest absolute Gasteiger partial charge is 0.255 e. The number of ether oxygens (including phenoxy) is 1. The van der Waals surface area contributed by atoms with Crippen molar-refractivity contribution in [2.24, 2.45) is 5.10 Å². The summed E-state index contributed by atoms with van der Waals surface area (Å²) in [5.41, 5.74) is 4.17. The Labute approximate surface area is 208 Å². The Morgan fingerprint density at radius 1 is 1.03 bits per heavy atom. The number of carbonyl (C=O) groups excluding carboxylic acids is 1. The fourth-order valence-electron chi connectivity index (χ4n) is 3.13. The van der Waals surface area contributed by atoms with Crippen LogP contribution in [0.2, 0.25) is 0 Å². The van der Waals surface area contributed by atoms with Crippen LogP contribution in [0.25, 0.3) is 0 Å². The maximum atomic E-state index is 13.3. The van der Waals surface area contributed by atoms with Crippen molar-refractivity contribution >= 4 is 38.1 Å². The molecule has 0 saturated carbocycles. The summed E-state index contributed by atoms with van der Waals surface area (Å²) in [7, 11) is -3.88. The normalized spacial score (nSPS) is 11.6. The number of rotatable bonds is 11. The first-order valence-corrected chi connectivity index (χ1v) is 13.0. The maximum absolute atomic E-state index is 13.3. The molecule has 3 aromatic rings. The molecule has 0 aromatic heterocycles. The number of nitrogens with zero attached hydrogens (tertiary/aromatic N) is 2. The molecule has 0 fully saturated rings. The summed E-state index contributed by atoms with van der Waals surface area (Å²) in [6, 6.07) is 23.1. The number of nitrogens with one attached hydrogen (secondary N) is 1. The number of hydrazone groups is 1. The molecule has 3 rings (SSSR count). The molecule has 1 N–H and O–H groups in total. The van der Waals surface area contributed by atoms with Gasteiger partial charge in [0.05, 0.1) is 24.3 Å². The van der Waals surface area contributed by atoms with E-state index in [1.165, 1.54) is 22.7 Å². The van der Waals surface area contributed by atoms with E-state index in [0.717, 1.165) is 21.3 Å². The molecule has 0 saturated heterocycles. The van der Waals surface area contributed by atoms with Gasteiger partial charge in [0, 0.05) is 11.0 Å². The molecule has 0 spiro atoms. The fourth-order valence-corrected chi connectivity index (χ4v) is 4.79. The van der Waals surface area contributed by atoms with Crippen LogP contribution in [0, 0.1) is 0 Å². The van der Waals surface area contributed by atoms with Gasteiger partial charge in [-0.25, -0.2) is 13.8 Å². The summed E-state index contributed by atoms with van der Waals surface area (Å²) < 4.78 is 33.9. The lowest BCUT2D eigenvalue weighted by molar-refractivity contribution is -0.121. The van der Waals surface area contributed by atoms with Crippen molar-refractivity contribution < 1.29 is 17.9 Å². The zero-order valence-electron chi connectivity index (χ0n) is 18.7. The predicted molar refractivity (Wildman–Crippen MR) is 136 cm³/mol. The lowest BCUT2D eigenvalue weighted by Crippen LogP contribution is -2.40. The van der Waals surface area contributed by atoms with Gasteiger partial charge in [-0.3, -0.25) is 4.79 Å². The molecule has 0 unspecified atom stereocenters. The lowest BCUT2D eigenvalue weighted by atomic mass is 10.1. The van der Waals surface area contributed by atoms with Crippen LogP contribution >= 0.6 is 15.9 Å². The van der Waals surface area contributed by atoms with E-state index in [0.29, 0.717) is 13.0 Å². The molecule has 0 aliphatic carbocycles. The highest BCUT2D eigenvalue weighted by atomic mass is 79.9. The molecule has 1 amide bonds. The van der Waals surface area contributed by atoms with Gasteiger partial charge in [0.1, 0.15) is 5.75 Å². The van der Waals surface area contributed by atoms with Crippen LogP contribution in [0.5, 0.6) is 5.75 Å². The molecule has 9 heteroatoms. The first-order valence-electron chi connectivity index (χ1n) is 10.7. The van der Waals surface area contributed by atoms with Gasteiger partial charge in [0.2, 0.25) is 10.0 Å². The average Bonchev–Trinajstić information content (AvgIpc) is 2.84. The van der Waals surface area contributed by atoms with Crippen molar-refractivity contribution in [3.8, 4) is 5.75 Å². The van der Waals surface area contributed by atoms with Crippen LogP contribution in [0.3, 0.4) is 0 Å². The van der Waals surface area contributed by atoms with E-state index in [1.807, 2.05) is 61.5 Å². The summed E-state index contributed by atoms with van der Waals surface area (Å²) in [5.74, 6) is 0.215. The Morgan fingerprint density at radius 2 is 1.71 bits per heavy atom. The first-order chi connectivity index (χ1) is 16.4. The number of halogens is 1. The first kappa shape index (κ1) is 25.6. The highest BCUT2D eigenvalue weighted by Crippen LogP contribution is 2.19. The molecule has 0 atom stereocenters. The summed E-state index contributed by atoms with van der Waals surface area (Å²) in [4.78, 5) is 12.7.